The van der Waals surface area contributed by atoms with E-state index in [0.717, 1.165) is 38.8 Å². The van der Waals surface area contributed by atoms with Gasteiger partial charge >= 0.3 is 7.60 Å². The van der Waals surface area contributed by atoms with E-state index in [9.17, 15) is 4.57 Å². The van der Waals surface area contributed by atoms with E-state index < -0.39 is 7.60 Å². The minimum Gasteiger partial charge on any atom is -0.396 e. The Hall–Kier alpha value is 0.0300. The standard InChI is InChI=1S/C11H26NO5P/c1-16-18(15,17-2)11-12(7-3-5-9-13)8-4-6-10-14/h13-14H,3-11H2,1-2H3. The highest BCUT2D eigenvalue weighted by Gasteiger charge is 2.24. The van der Waals surface area contributed by atoms with Gasteiger partial charge in [-0.2, -0.15) is 0 Å². The van der Waals surface area contributed by atoms with Gasteiger partial charge in [0.05, 0.1) is 0 Å². The first kappa shape index (κ1) is 18.0. The molecule has 2 N–H and O–H groups in total. The van der Waals surface area contributed by atoms with Gasteiger partial charge in [-0.05, 0) is 38.8 Å². The molecular weight excluding hydrogens is 257 g/mol. The van der Waals surface area contributed by atoms with Gasteiger partial charge in [0.2, 0.25) is 0 Å². The lowest BCUT2D eigenvalue weighted by Gasteiger charge is -2.25. The SMILES string of the molecule is COP(=O)(CN(CCCCO)CCCCO)OC. The minimum atomic E-state index is -3.03. The maximum atomic E-state index is 12.0. The Bertz CT molecular complexity index is 221. The Morgan fingerprint density at radius 1 is 0.944 bits per heavy atom. The van der Waals surface area contributed by atoms with E-state index in [1.807, 2.05) is 4.90 Å². The molecule has 18 heavy (non-hydrogen) atoms. The number of aliphatic hydroxyl groups is 2. The molecule has 0 radical (unpaired) electrons. The number of aliphatic hydroxyl groups excluding tert-OH is 2. The topological polar surface area (TPSA) is 79.2 Å². The van der Waals surface area contributed by atoms with Crippen LogP contribution in [-0.2, 0) is 13.6 Å². The highest BCUT2D eigenvalue weighted by Crippen LogP contribution is 2.46. The van der Waals surface area contributed by atoms with E-state index in [1.54, 1.807) is 0 Å². The Balaban J connectivity index is 4.21. The van der Waals surface area contributed by atoms with Crippen LogP contribution in [0.2, 0.25) is 0 Å². The van der Waals surface area contributed by atoms with Crippen LogP contribution in [0.4, 0.5) is 0 Å². The molecule has 0 aromatic rings. The molecule has 0 aliphatic rings. The third-order valence-corrected chi connectivity index (χ3v) is 4.55. The van der Waals surface area contributed by atoms with Crippen molar-refractivity contribution in [2.75, 3.05) is 46.8 Å². The predicted molar refractivity (Wildman–Crippen MR) is 70.7 cm³/mol. The second-order valence-corrected chi connectivity index (χ2v) is 6.33. The van der Waals surface area contributed by atoms with Crippen molar-refractivity contribution in [3.63, 3.8) is 0 Å². The molecule has 110 valence electrons. The van der Waals surface area contributed by atoms with Crippen molar-refractivity contribution in [1.82, 2.24) is 4.90 Å². The lowest BCUT2D eigenvalue weighted by atomic mass is 10.2. The monoisotopic (exact) mass is 283 g/mol. The molecule has 0 saturated carbocycles. The fourth-order valence-corrected chi connectivity index (χ4v) is 2.74. The highest BCUT2D eigenvalue weighted by atomic mass is 31.2. The molecule has 0 aromatic carbocycles. The first-order chi connectivity index (χ1) is 8.61. The van der Waals surface area contributed by atoms with Crippen molar-refractivity contribution in [2.24, 2.45) is 0 Å². The van der Waals surface area contributed by atoms with E-state index in [4.69, 9.17) is 19.3 Å². The van der Waals surface area contributed by atoms with Gasteiger partial charge in [-0.25, -0.2) is 0 Å². The van der Waals surface area contributed by atoms with Crippen molar-refractivity contribution in [3.05, 3.63) is 0 Å². The maximum Gasteiger partial charge on any atom is 0.344 e. The first-order valence-electron chi connectivity index (χ1n) is 6.26. The first-order valence-corrected chi connectivity index (χ1v) is 7.99. The highest BCUT2D eigenvalue weighted by molar-refractivity contribution is 7.53. The quantitative estimate of drug-likeness (QED) is 0.415. The average molecular weight is 283 g/mol. The summed E-state index contributed by atoms with van der Waals surface area (Å²) in [5, 5.41) is 17.5. The maximum absolute atomic E-state index is 12.0. The molecule has 0 amide bonds. The normalized spacial score (nSPS) is 12.3. The zero-order valence-corrected chi connectivity index (χ0v) is 12.3. The number of hydrogen-bond acceptors (Lipinski definition) is 6. The van der Waals surface area contributed by atoms with Crippen molar-refractivity contribution in [3.8, 4) is 0 Å². The third kappa shape index (κ3) is 8.19. The summed E-state index contributed by atoms with van der Waals surface area (Å²) in [5.41, 5.74) is 0. The van der Waals surface area contributed by atoms with E-state index in [-0.39, 0.29) is 19.5 Å². The molecule has 0 unspecified atom stereocenters. The summed E-state index contributed by atoms with van der Waals surface area (Å²) >= 11 is 0. The van der Waals surface area contributed by atoms with Gasteiger partial charge in [-0.1, -0.05) is 0 Å². The summed E-state index contributed by atoms with van der Waals surface area (Å²) in [5.74, 6) is 0. The van der Waals surface area contributed by atoms with Gasteiger partial charge in [-0.3, -0.25) is 9.46 Å². The fraction of sp³-hybridized carbons (Fsp3) is 1.00. The van der Waals surface area contributed by atoms with E-state index in [2.05, 4.69) is 0 Å². The molecule has 0 heterocycles. The van der Waals surface area contributed by atoms with Gasteiger partial charge in [0, 0.05) is 27.4 Å². The van der Waals surface area contributed by atoms with Crippen LogP contribution in [0.5, 0.6) is 0 Å². The smallest absolute Gasteiger partial charge is 0.344 e. The molecule has 0 aromatic heterocycles. The Labute approximate surface area is 109 Å². The summed E-state index contributed by atoms with van der Waals surface area (Å²) in [6.07, 6.45) is 3.37. The predicted octanol–water partition coefficient (Wildman–Crippen LogP) is 1.28. The molecule has 0 bridgehead atoms. The van der Waals surface area contributed by atoms with Crippen LogP contribution in [0.25, 0.3) is 0 Å². The van der Waals surface area contributed by atoms with Crippen molar-refractivity contribution < 1.29 is 23.8 Å². The molecule has 0 spiro atoms. The van der Waals surface area contributed by atoms with Crippen LogP contribution < -0.4 is 0 Å². The molecule has 7 heteroatoms. The van der Waals surface area contributed by atoms with Gasteiger partial charge < -0.3 is 19.3 Å². The Kier molecular flexibility index (Phi) is 10.9. The zero-order chi connectivity index (χ0) is 13.9. The summed E-state index contributed by atoms with van der Waals surface area (Å²) < 4.78 is 21.9. The number of rotatable bonds is 12. The largest absolute Gasteiger partial charge is 0.396 e. The van der Waals surface area contributed by atoms with Crippen LogP contribution in [0, 0.1) is 0 Å². The summed E-state index contributed by atoms with van der Waals surface area (Å²) in [4.78, 5) is 2.00. The molecule has 0 atom stereocenters. The van der Waals surface area contributed by atoms with Gasteiger partial charge in [0.1, 0.15) is 6.29 Å². The van der Waals surface area contributed by atoms with Crippen molar-refractivity contribution >= 4 is 7.60 Å². The van der Waals surface area contributed by atoms with E-state index >= 15 is 0 Å². The van der Waals surface area contributed by atoms with Crippen LogP contribution in [0.3, 0.4) is 0 Å². The van der Waals surface area contributed by atoms with E-state index in [0.29, 0.717) is 0 Å². The summed E-state index contributed by atoms with van der Waals surface area (Å²) in [6.45, 7) is 1.80. The number of hydrogen-bond donors (Lipinski definition) is 2. The van der Waals surface area contributed by atoms with Crippen LogP contribution in [0.15, 0.2) is 0 Å². The minimum absolute atomic E-state index is 0.163. The van der Waals surface area contributed by atoms with Crippen LogP contribution >= 0.6 is 7.60 Å². The van der Waals surface area contributed by atoms with Crippen molar-refractivity contribution in [1.29, 1.82) is 0 Å². The molecule has 0 saturated heterocycles. The molecular formula is C11H26NO5P. The molecule has 0 aliphatic heterocycles. The number of nitrogens with zero attached hydrogens (tertiary/aromatic N) is 1. The van der Waals surface area contributed by atoms with Gasteiger partial charge in [0.25, 0.3) is 0 Å². The fourth-order valence-electron chi connectivity index (χ4n) is 1.58. The van der Waals surface area contributed by atoms with Gasteiger partial charge in [0.15, 0.2) is 0 Å². The molecule has 0 aliphatic carbocycles. The summed E-state index contributed by atoms with van der Waals surface area (Å²) in [6, 6.07) is 0. The second kappa shape index (κ2) is 10.9. The summed E-state index contributed by atoms with van der Waals surface area (Å²) in [7, 11) is -0.276. The lowest BCUT2D eigenvalue weighted by Crippen LogP contribution is -2.28. The Morgan fingerprint density at radius 2 is 1.39 bits per heavy atom. The lowest BCUT2D eigenvalue weighted by molar-refractivity contribution is 0.216. The molecule has 0 rings (SSSR count). The van der Waals surface area contributed by atoms with Gasteiger partial charge in [-0.15, -0.1) is 0 Å². The van der Waals surface area contributed by atoms with Crippen LogP contribution in [0.1, 0.15) is 25.7 Å². The van der Waals surface area contributed by atoms with Crippen molar-refractivity contribution in [2.45, 2.75) is 25.7 Å². The molecule has 0 fully saturated rings. The van der Waals surface area contributed by atoms with Crippen LogP contribution in [-0.4, -0.2) is 61.9 Å². The average Bonchev–Trinajstić information content (AvgIpc) is 2.39. The second-order valence-electron chi connectivity index (χ2n) is 4.10. The zero-order valence-electron chi connectivity index (χ0n) is 11.4. The Morgan fingerprint density at radius 3 is 1.72 bits per heavy atom. The third-order valence-electron chi connectivity index (χ3n) is 2.69. The number of unbranched alkanes of at least 4 members (excludes halogenated alkanes) is 2. The molecule has 6 nitrogen and oxygen atoms in total. The van der Waals surface area contributed by atoms with E-state index in [1.165, 1.54) is 14.2 Å².